The summed E-state index contributed by atoms with van der Waals surface area (Å²) in [6.45, 7) is 4.20. The van der Waals surface area contributed by atoms with E-state index < -0.39 is 0 Å². The number of anilines is 1. The van der Waals surface area contributed by atoms with Gasteiger partial charge in [0.2, 0.25) is 0 Å². The van der Waals surface area contributed by atoms with Crippen LogP contribution in [0.2, 0.25) is 0 Å². The van der Waals surface area contributed by atoms with Crippen molar-refractivity contribution in [1.82, 2.24) is 5.32 Å². The molecule has 78 valence electrons. The van der Waals surface area contributed by atoms with Crippen molar-refractivity contribution in [1.29, 1.82) is 0 Å². The van der Waals surface area contributed by atoms with Crippen LogP contribution in [0.1, 0.15) is 18.6 Å². The molecular formula is C11H18N2O. The van der Waals surface area contributed by atoms with Crippen LogP contribution in [0.5, 0.6) is 0 Å². The third-order valence-corrected chi connectivity index (χ3v) is 2.89. The van der Waals surface area contributed by atoms with Crippen LogP contribution >= 0.6 is 0 Å². The monoisotopic (exact) mass is 194 g/mol. The molecule has 0 saturated carbocycles. The number of piperidine rings is 1. The van der Waals surface area contributed by atoms with Crippen LogP contribution in [-0.2, 0) is 0 Å². The van der Waals surface area contributed by atoms with Gasteiger partial charge < -0.3 is 14.6 Å². The van der Waals surface area contributed by atoms with Crippen LogP contribution in [0.3, 0.4) is 0 Å². The van der Waals surface area contributed by atoms with Gasteiger partial charge in [0, 0.05) is 25.7 Å². The minimum atomic E-state index is 0.578. The van der Waals surface area contributed by atoms with Crippen molar-refractivity contribution in [2.24, 2.45) is 0 Å². The zero-order valence-electron chi connectivity index (χ0n) is 8.92. The average molecular weight is 194 g/mol. The van der Waals surface area contributed by atoms with Crippen LogP contribution < -0.4 is 10.2 Å². The second kappa shape index (κ2) is 4.05. The molecule has 0 radical (unpaired) electrons. The van der Waals surface area contributed by atoms with Gasteiger partial charge in [-0.15, -0.1) is 0 Å². The Bertz CT molecular complexity index is 289. The lowest BCUT2D eigenvalue weighted by atomic mass is 10.1. The van der Waals surface area contributed by atoms with Crippen molar-refractivity contribution < 1.29 is 4.42 Å². The van der Waals surface area contributed by atoms with Crippen LogP contribution in [0.25, 0.3) is 0 Å². The van der Waals surface area contributed by atoms with Crippen LogP contribution in [0, 0.1) is 6.92 Å². The number of aryl methyl sites for hydroxylation is 1. The van der Waals surface area contributed by atoms with Gasteiger partial charge in [-0.05, 0) is 32.4 Å². The van der Waals surface area contributed by atoms with E-state index in [9.17, 15) is 0 Å². The molecule has 2 rings (SSSR count). The summed E-state index contributed by atoms with van der Waals surface area (Å²) in [6.07, 6.45) is 2.51. The zero-order chi connectivity index (χ0) is 9.97. The van der Waals surface area contributed by atoms with Gasteiger partial charge in [-0.25, -0.2) is 0 Å². The summed E-state index contributed by atoms with van der Waals surface area (Å²) in [7, 11) is 2.11. The third kappa shape index (κ3) is 1.93. The zero-order valence-corrected chi connectivity index (χ0v) is 8.92. The van der Waals surface area contributed by atoms with E-state index in [0.29, 0.717) is 6.04 Å². The highest BCUT2D eigenvalue weighted by Crippen LogP contribution is 2.21. The van der Waals surface area contributed by atoms with Gasteiger partial charge in [0.1, 0.15) is 5.76 Å². The number of nitrogens with one attached hydrogen (secondary N) is 1. The lowest BCUT2D eigenvalue weighted by Crippen LogP contribution is -2.44. The molecule has 0 aliphatic carbocycles. The maximum absolute atomic E-state index is 5.60. The largest absolute Gasteiger partial charge is 0.446 e. The summed E-state index contributed by atoms with van der Waals surface area (Å²) in [5.41, 5.74) is 0. The molecule has 1 atom stereocenters. The van der Waals surface area contributed by atoms with Crippen molar-refractivity contribution >= 4 is 5.88 Å². The Labute approximate surface area is 85.1 Å². The second-order valence-corrected chi connectivity index (χ2v) is 4.00. The molecule has 1 saturated heterocycles. The minimum Gasteiger partial charge on any atom is -0.446 e. The molecule has 1 aromatic rings. The summed E-state index contributed by atoms with van der Waals surface area (Å²) in [6, 6.07) is 4.64. The molecule has 1 aliphatic rings. The Morgan fingerprint density at radius 3 is 2.93 bits per heavy atom. The molecule has 2 heterocycles. The fourth-order valence-electron chi connectivity index (χ4n) is 1.96. The number of furan rings is 1. The van der Waals surface area contributed by atoms with Gasteiger partial charge in [-0.2, -0.15) is 0 Å². The smallest absolute Gasteiger partial charge is 0.195 e. The van der Waals surface area contributed by atoms with Gasteiger partial charge in [0.25, 0.3) is 0 Å². The molecule has 3 nitrogen and oxygen atoms in total. The van der Waals surface area contributed by atoms with E-state index in [1.54, 1.807) is 0 Å². The molecule has 0 spiro atoms. The van der Waals surface area contributed by atoms with Crippen LogP contribution in [0.15, 0.2) is 16.5 Å². The Morgan fingerprint density at radius 1 is 1.50 bits per heavy atom. The predicted molar refractivity (Wildman–Crippen MR) is 57.7 cm³/mol. The number of likely N-dealkylation sites (N-methyl/N-ethyl adjacent to an activating group) is 1. The normalized spacial score (nSPS) is 22.3. The van der Waals surface area contributed by atoms with E-state index in [4.69, 9.17) is 4.42 Å². The maximum atomic E-state index is 5.60. The van der Waals surface area contributed by atoms with E-state index in [1.807, 2.05) is 19.1 Å². The molecule has 1 fully saturated rings. The Morgan fingerprint density at radius 2 is 2.36 bits per heavy atom. The fraction of sp³-hybridized carbons (Fsp3) is 0.636. The van der Waals surface area contributed by atoms with Crippen molar-refractivity contribution in [3.63, 3.8) is 0 Å². The summed E-state index contributed by atoms with van der Waals surface area (Å²) < 4.78 is 5.60. The van der Waals surface area contributed by atoms with Crippen molar-refractivity contribution in [2.45, 2.75) is 25.8 Å². The summed E-state index contributed by atoms with van der Waals surface area (Å²) in [4.78, 5) is 2.24. The molecule has 1 unspecified atom stereocenters. The lowest BCUT2D eigenvalue weighted by molar-refractivity contribution is 0.420. The van der Waals surface area contributed by atoms with E-state index >= 15 is 0 Å². The first-order valence-electron chi connectivity index (χ1n) is 5.27. The molecule has 0 bridgehead atoms. The number of hydrogen-bond acceptors (Lipinski definition) is 3. The average Bonchev–Trinajstić information content (AvgIpc) is 2.65. The highest BCUT2D eigenvalue weighted by molar-refractivity contribution is 5.36. The molecular weight excluding hydrogens is 176 g/mol. The predicted octanol–water partition coefficient (Wildman–Crippen LogP) is 1.78. The summed E-state index contributed by atoms with van der Waals surface area (Å²) >= 11 is 0. The first kappa shape index (κ1) is 9.59. The maximum Gasteiger partial charge on any atom is 0.195 e. The summed E-state index contributed by atoms with van der Waals surface area (Å²) in [5, 5.41) is 3.41. The fourth-order valence-corrected chi connectivity index (χ4v) is 1.96. The Hall–Kier alpha value is -0.960. The van der Waals surface area contributed by atoms with Gasteiger partial charge in [0.15, 0.2) is 5.88 Å². The van der Waals surface area contributed by atoms with E-state index in [-0.39, 0.29) is 0 Å². The molecule has 0 aromatic carbocycles. The quantitative estimate of drug-likeness (QED) is 0.778. The van der Waals surface area contributed by atoms with E-state index in [1.165, 1.54) is 12.8 Å². The van der Waals surface area contributed by atoms with Crippen molar-refractivity contribution in [3.05, 3.63) is 17.9 Å². The molecule has 1 aliphatic heterocycles. The van der Waals surface area contributed by atoms with Crippen molar-refractivity contribution in [2.75, 3.05) is 25.0 Å². The highest BCUT2D eigenvalue weighted by atomic mass is 16.4. The third-order valence-electron chi connectivity index (χ3n) is 2.89. The SMILES string of the molecule is Cc1ccc(N(C)C2CCCNC2)o1. The Kier molecular flexibility index (Phi) is 2.77. The van der Waals surface area contributed by atoms with Crippen LogP contribution in [0.4, 0.5) is 5.88 Å². The molecule has 1 N–H and O–H groups in total. The number of rotatable bonds is 2. The first-order valence-corrected chi connectivity index (χ1v) is 5.27. The van der Waals surface area contributed by atoms with Gasteiger partial charge in [0.05, 0.1) is 0 Å². The Balaban J connectivity index is 2.03. The lowest BCUT2D eigenvalue weighted by Gasteiger charge is -2.31. The van der Waals surface area contributed by atoms with E-state index in [0.717, 1.165) is 24.7 Å². The van der Waals surface area contributed by atoms with Crippen molar-refractivity contribution in [3.8, 4) is 0 Å². The number of hydrogen-bond donors (Lipinski definition) is 1. The standard InChI is InChI=1S/C11H18N2O/c1-9-5-6-11(14-9)13(2)10-4-3-7-12-8-10/h5-6,10,12H,3-4,7-8H2,1-2H3. The molecule has 1 aromatic heterocycles. The van der Waals surface area contributed by atoms with E-state index in [2.05, 4.69) is 17.3 Å². The topological polar surface area (TPSA) is 28.4 Å². The summed E-state index contributed by atoms with van der Waals surface area (Å²) in [5.74, 6) is 1.96. The van der Waals surface area contributed by atoms with Gasteiger partial charge in [-0.1, -0.05) is 0 Å². The molecule has 3 heteroatoms. The minimum absolute atomic E-state index is 0.578. The second-order valence-electron chi connectivity index (χ2n) is 4.00. The highest BCUT2D eigenvalue weighted by Gasteiger charge is 2.19. The molecule has 0 amide bonds. The van der Waals surface area contributed by atoms with Gasteiger partial charge >= 0.3 is 0 Å². The van der Waals surface area contributed by atoms with Gasteiger partial charge in [-0.3, -0.25) is 0 Å². The number of nitrogens with zero attached hydrogens (tertiary/aromatic N) is 1. The van der Waals surface area contributed by atoms with Crippen LogP contribution in [-0.4, -0.2) is 26.2 Å². The first-order chi connectivity index (χ1) is 6.77. The molecule has 14 heavy (non-hydrogen) atoms.